The lowest BCUT2D eigenvalue weighted by atomic mass is 9.94. The van der Waals surface area contributed by atoms with Gasteiger partial charge in [0.1, 0.15) is 6.04 Å². The number of nitrogens with one attached hydrogen (secondary N) is 1. The van der Waals surface area contributed by atoms with Gasteiger partial charge in [-0.05, 0) is 30.9 Å². The van der Waals surface area contributed by atoms with E-state index in [1.54, 1.807) is 17.3 Å². The number of hydrogen-bond acceptors (Lipinski definition) is 5. The second kappa shape index (κ2) is 6.95. The van der Waals surface area contributed by atoms with Gasteiger partial charge in [-0.15, -0.1) is 0 Å². The van der Waals surface area contributed by atoms with E-state index in [9.17, 15) is 14.7 Å². The van der Waals surface area contributed by atoms with Crippen molar-refractivity contribution in [2.24, 2.45) is 5.92 Å². The van der Waals surface area contributed by atoms with Crippen molar-refractivity contribution in [2.75, 3.05) is 37.6 Å². The Morgan fingerprint density at radius 1 is 1.30 bits per heavy atom. The van der Waals surface area contributed by atoms with Gasteiger partial charge >= 0.3 is 5.97 Å². The average molecular weight is 318 g/mol. The first-order chi connectivity index (χ1) is 11.1. The van der Waals surface area contributed by atoms with Crippen LogP contribution in [0, 0.1) is 5.92 Å². The van der Waals surface area contributed by atoms with E-state index in [0.29, 0.717) is 19.0 Å². The summed E-state index contributed by atoms with van der Waals surface area (Å²) in [5.41, 5.74) is 1.17. The van der Waals surface area contributed by atoms with Crippen molar-refractivity contribution >= 4 is 17.6 Å². The number of amides is 1. The van der Waals surface area contributed by atoms with Crippen LogP contribution in [0.3, 0.4) is 0 Å². The molecule has 2 saturated heterocycles. The maximum atomic E-state index is 12.1. The molecule has 0 spiro atoms. The van der Waals surface area contributed by atoms with Crippen LogP contribution in [0.4, 0.5) is 5.69 Å². The highest BCUT2D eigenvalue weighted by Gasteiger charge is 2.35. The fourth-order valence-electron chi connectivity index (χ4n) is 3.36. The summed E-state index contributed by atoms with van der Waals surface area (Å²) in [4.78, 5) is 31.3. The lowest BCUT2D eigenvalue weighted by Gasteiger charge is -2.39. The Balaban J connectivity index is 1.57. The summed E-state index contributed by atoms with van der Waals surface area (Å²) < 4.78 is 0. The number of anilines is 1. The van der Waals surface area contributed by atoms with Gasteiger partial charge in [-0.1, -0.05) is 0 Å². The van der Waals surface area contributed by atoms with Crippen LogP contribution in [-0.2, 0) is 9.59 Å². The maximum absolute atomic E-state index is 12.1. The predicted molar refractivity (Wildman–Crippen MR) is 85.2 cm³/mol. The van der Waals surface area contributed by atoms with E-state index in [0.717, 1.165) is 25.9 Å². The molecule has 0 bridgehead atoms. The van der Waals surface area contributed by atoms with Gasteiger partial charge in [0.05, 0.1) is 6.54 Å². The summed E-state index contributed by atoms with van der Waals surface area (Å²) in [6.45, 7) is 2.96. The first-order valence-electron chi connectivity index (χ1n) is 8.03. The minimum Gasteiger partial charge on any atom is -0.480 e. The maximum Gasteiger partial charge on any atom is 0.327 e. The molecule has 1 aromatic heterocycles. The smallest absolute Gasteiger partial charge is 0.327 e. The van der Waals surface area contributed by atoms with E-state index in [1.807, 2.05) is 12.1 Å². The van der Waals surface area contributed by atoms with Crippen LogP contribution in [0.1, 0.15) is 12.8 Å². The normalized spacial score (nSPS) is 23.1. The van der Waals surface area contributed by atoms with Crippen LogP contribution < -0.4 is 10.2 Å². The highest BCUT2D eigenvalue weighted by atomic mass is 16.4. The summed E-state index contributed by atoms with van der Waals surface area (Å²) in [6, 6.07) is 3.26. The number of aliphatic carboxylic acids is 1. The van der Waals surface area contributed by atoms with Crippen LogP contribution in [0.25, 0.3) is 0 Å². The standard InChI is InChI=1S/C16H22N4O3/c21-15-10-18-9-14(16(22)23)20(15)11-12-3-7-19(8-4-12)13-1-5-17-6-2-13/h1-2,5-6,12,14,18H,3-4,7-11H2,(H,22,23). The monoisotopic (exact) mass is 318 g/mol. The quantitative estimate of drug-likeness (QED) is 0.824. The number of rotatable bonds is 4. The molecule has 0 saturated carbocycles. The van der Waals surface area contributed by atoms with Crippen LogP contribution in [0.15, 0.2) is 24.5 Å². The molecule has 1 aromatic rings. The van der Waals surface area contributed by atoms with Gasteiger partial charge in [0.25, 0.3) is 0 Å². The van der Waals surface area contributed by atoms with Crippen molar-refractivity contribution in [3.8, 4) is 0 Å². The van der Waals surface area contributed by atoms with Crippen molar-refractivity contribution < 1.29 is 14.7 Å². The molecule has 7 nitrogen and oxygen atoms in total. The molecule has 7 heteroatoms. The number of aromatic nitrogens is 1. The number of carboxylic acids is 1. The van der Waals surface area contributed by atoms with Crippen LogP contribution in [0.2, 0.25) is 0 Å². The zero-order valence-electron chi connectivity index (χ0n) is 13.0. The lowest BCUT2D eigenvalue weighted by molar-refractivity contribution is -0.152. The van der Waals surface area contributed by atoms with Crippen molar-refractivity contribution in [3.05, 3.63) is 24.5 Å². The van der Waals surface area contributed by atoms with Gasteiger partial charge in [-0.2, -0.15) is 0 Å². The number of carboxylic acid groups (broad SMARTS) is 1. The topological polar surface area (TPSA) is 85.8 Å². The summed E-state index contributed by atoms with van der Waals surface area (Å²) in [5, 5.41) is 12.2. The zero-order chi connectivity index (χ0) is 16.2. The van der Waals surface area contributed by atoms with E-state index in [-0.39, 0.29) is 12.5 Å². The zero-order valence-corrected chi connectivity index (χ0v) is 13.0. The number of piperazine rings is 1. The molecular formula is C16H22N4O3. The van der Waals surface area contributed by atoms with E-state index >= 15 is 0 Å². The fraction of sp³-hybridized carbons (Fsp3) is 0.562. The first kappa shape index (κ1) is 15.7. The van der Waals surface area contributed by atoms with Gasteiger partial charge in [0.2, 0.25) is 5.91 Å². The van der Waals surface area contributed by atoms with Crippen molar-refractivity contribution in [2.45, 2.75) is 18.9 Å². The summed E-state index contributed by atoms with van der Waals surface area (Å²) in [7, 11) is 0. The molecule has 1 atom stereocenters. The molecule has 124 valence electrons. The summed E-state index contributed by atoms with van der Waals surface area (Å²) in [6.07, 6.45) is 5.51. The average Bonchev–Trinajstić information content (AvgIpc) is 2.58. The second-order valence-electron chi connectivity index (χ2n) is 6.17. The third kappa shape index (κ3) is 3.61. The Hall–Kier alpha value is -2.15. The first-order valence-corrected chi connectivity index (χ1v) is 8.03. The lowest BCUT2D eigenvalue weighted by Crippen LogP contribution is -2.59. The van der Waals surface area contributed by atoms with E-state index in [2.05, 4.69) is 15.2 Å². The van der Waals surface area contributed by atoms with Gasteiger partial charge in [-0.25, -0.2) is 4.79 Å². The molecular weight excluding hydrogens is 296 g/mol. The van der Waals surface area contributed by atoms with Gasteiger partial charge in [0, 0.05) is 44.3 Å². The largest absolute Gasteiger partial charge is 0.480 e. The summed E-state index contributed by atoms with van der Waals surface area (Å²) in [5.74, 6) is -0.683. The Kier molecular flexibility index (Phi) is 4.76. The molecule has 2 aliphatic rings. The SMILES string of the molecule is O=C(O)C1CNCC(=O)N1CC1CCN(c2ccncc2)CC1. The molecule has 3 rings (SSSR count). The van der Waals surface area contributed by atoms with E-state index < -0.39 is 12.0 Å². The molecule has 2 fully saturated rings. The second-order valence-corrected chi connectivity index (χ2v) is 6.17. The Morgan fingerprint density at radius 2 is 2.00 bits per heavy atom. The Labute approximate surface area is 135 Å². The van der Waals surface area contributed by atoms with Crippen molar-refractivity contribution in [1.82, 2.24) is 15.2 Å². The molecule has 23 heavy (non-hydrogen) atoms. The van der Waals surface area contributed by atoms with Crippen LogP contribution in [0.5, 0.6) is 0 Å². The van der Waals surface area contributed by atoms with Crippen molar-refractivity contribution in [1.29, 1.82) is 0 Å². The van der Waals surface area contributed by atoms with E-state index in [4.69, 9.17) is 0 Å². The predicted octanol–water partition coefficient (Wildman–Crippen LogP) is 0.183. The number of carbonyl (C=O) groups is 2. The molecule has 2 aliphatic heterocycles. The van der Waals surface area contributed by atoms with Gasteiger partial charge in [-0.3, -0.25) is 9.78 Å². The minimum atomic E-state index is -0.931. The fourth-order valence-corrected chi connectivity index (χ4v) is 3.36. The molecule has 0 aromatic carbocycles. The van der Waals surface area contributed by atoms with Crippen LogP contribution >= 0.6 is 0 Å². The number of nitrogens with zero attached hydrogens (tertiary/aromatic N) is 3. The third-order valence-corrected chi connectivity index (χ3v) is 4.69. The van der Waals surface area contributed by atoms with E-state index in [1.165, 1.54) is 5.69 Å². The molecule has 0 aliphatic carbocycles. The highest BCUT2D eigenvalue weighted by Crippen LogP contribution is 2.24. The molecule has 0 radical (unpaired) electrons. The molecule has 1 unspecified atom stereocenters. The summed E-state index contributed by atoms with van der Waals surface area (Å²) >= 11 is 0. The number of carbonyl (C=O) groups excluding carboxylic acids is 1. The van der Waals surface area contributed by atoms with Gasteiger partial charge in [0.15, 0.2) is 0 Å². The van der Waals surface area contributed by atoms with Gasteiger partial charge < -0.3 is 20.2 Å². The van der Waals surface area contributed by atoms with Crippen molar-refractivity contribution in [3.63, 3.8) is 0 Å². The Morgan fingerprint density at radius 3 is 2.65 bits per heavy atom. The third-order valence-electron chi connectivity index (χ3n) is 4.69. The minimum absolute atomic E-state index is 0.111. The van der Waals surface area contributed by atoms with Crippen LogP contribution in [-0.4, -0.2) is 65.6 Å². The number of hydrogen-bond donors (Lipinski definition) is 2. The Bertz CT molecular complexity index is 558. The number of piperidine rings is 1. The molecule has 3 heterocycles. The highest BCUT2D eigenvalue weighted by molar-refractivity contribution is 5.86. The molecule has 1 amide bonds. The number of pyridine rings is 1. The molecule has 2 N–H and O–H groups in total.